The topological polar surface area (TPSA) is 155 Å². The summed E-state index contributed by atoms with van der Waals surface area (Å²) in [5, 5.41) is 16.5. The molecule has 3 aromatic rings. The van der Waals surface area contributed by atoms with E-state index in [1.165, 1.54) is 4.90 Å². The summed E-state index contributed by atoms with van der Waals surface area (Å²) in [6.07, 6.45) is 5.42. The van der Waals surface area contributed by atoms with Crippen molar-refractivity contribution in [2.45, 2.75) is 128 Å². The third-order valence-corrected chi connectivity index (χ3v) is 12.0. The minimum Gasteiger partial charge on any atom is -0.391 e. The smallest absolute Gasteiger partial charge is 0.296 e. The standard InChI is InChI=1S/C40H56N4O7S2/c1-27-15-21-33(22-16-27)53(49,50)51-23-13-11-9-7-8-10-12-14-35(46)43-37(40(4,5)6)39(48)44-25-32(45)24-34(44)38(47)42-28(2)30-17-19-31(20-18-30)36-29(3)41-26-52-36/h15-22,26,28,32,34,37,45H,7-14,23-25H2,1-6H3,(H,42,47)(H,43,46)/t28?,32-,34+,37?/m1/s1. The van der Waals surface area contributed by atoms with Gasteiger partial charge in [0.1, 0.15) is 12.1 Å². The lowest BCUT2D eigenvalue weighted by Crippen LogP contribution is -2.57. The van der Waals surface area contributed by atoms with Gasteiger partial charge in [0.2, 0.25) is 17.7 Å². The SMILES string of the molecule is Cc1ccc(S(=O)(=O)OCCCCCCCCCC(=O)NC(C(=O)N2C[C@H](O)C[C@H]2C(=O)NC(C)c2ccc(-c3scnc3C)cc2)C(C)(C)C)cc1. The number of likely N-dealkylation sites (tertiary alicyclic amines) is 1. The summed E-state index contributed by atoms with van der Waals surface area (Å²) in [5.41, 5.74) is 5.11. The van der Waals surface area contributed by atoms with Crippen LogP contribution in [-0.2, 0) is 28.7 Å². The van der Waals surface area contributed by atoms with Crippen molar-refractivity contribution in [3.05, 3.63) is 70.9 Å². The first-order valence-corrected chi connectivity index (χ1v) is 20.9. The number of rotatable bonds is 18. The van der Waals surface area contributed by atoms with E-state index in [1.807, 2.05) is 71.3 Å². The molecule has 290 valence electrons. The number of nitrogens with one attached hydrogen (secondary N) is 2. The third kappa shape index (κ3) is 12.2. The van der Waals surface area contributed by atoms with E-state index >= 15 is 0 Å². The van der Waals surface area contributed by atoms with Gasteiger partial charge in [0.05, 0.1) is 39.7 Å². The highest BCUT2D eigenvalue weighted by atomic mass is 32.2. The molecule has 0 radical (unpaired) electrons. The zero-order chi connectivity index (χ0) is 38.8. The Morgan fingerprint density at radius 2 is 1.57 bits per heavy atom. The number of carbonyl (C=O) groups is 3. The Labute approximate surface area is 319 Å². The molecule has 1 fully saturated rings. The van der Waals surface area contributed by atoms with Gasteiger partial charge in [0.15, 0.2) is 0 Å². The fourth-order valence-corrected chi connectivity index (χ4v) is 8.22. The van der Waals surface area contributed by atoms with Gasteiger partial charge in [-0.1, -0.05) is 94.8 Å². The number of β-amino-alcohol motifs (C(OH)–C–C–N with tert-alkyl or cyclic N) is 1. The number of aryl methyl sites for hydroxylation is 2. The van der Waals surface area contributed by atoms with Crippen molar-refractivity contribution in [3.63, 3.8) is 0 Å². The molecule has 1 aromatic heterocycles. The molecule has 4 atom stereocenters. The molecule has 0 saturated carbocycles. The van der Waals surface area contributed by atoms with E-state index in [0.717, 1.165) is 59.4 Å². The fourth-order valence-electron chi connectivity index (χ4n) is 6.46. The highest BCUT2D eigenvalue weighted by molar-refractivity contribution is 7.86. The number of aliphatic hydroxyl groups excluding tert-OH is 1. The maximum Gasteiger partial charge on any atom is 0.296 e. The average Bonchev–Trinajstić information content (AvgIpc) is 3.72. The van der Waals surface area contributed by atoms with Crippen molar-refractivity contribution < 1.29 is 32.1 Å². The molecular weight excluding hydrogens is 713 g/mol. The van der Waals surface area contributed by atoms with Gasteiger partial charge in [-0.3, -0.25) is 18.6 Å². The lowest BCUT2D eigenvalue weighted by Gasteiger charge is -2.35. The van der Waals surface area contributed by atoms with Crippen molar-refractivity contribution in [2.75, 3.05) is 13.2 Å². The number of amides is 3. The number of carbonyl (C=O) groups excluding carboxylic acids is 3. The molecule has 0 aliphatic carbocycles. The molecule has 3 N–H and O–H groups in total. The molecule has 53 heavy (non-hydrogen) atoms. The minimum absolute atomic E-state index is 0.0192. The van der Waals surface area contributed by atoms with Crippen LogP contribution < -0.4 is 10.6 Å². The Kier molecular flexibility index (Phi) is 15.2. The molecule has 1 aliphatic rings. The molecule has 2 unspecified atom stereocenters. The van der Waals surface area contributed by atoms with E-state index in [0.29, 0.717) is 12.8 Å². The number of aromatic nitrogens is 1. The summed E-state index contributed by atoms with van der Waals surface area (Å²) in [6, 6.07) is 12.5. The van der Waals surface area contributed by atoms with Crippen LogP contribution in [0.3, 0.4) is 0 Å². The van der Waals surface area contributed by atoms with Crippen LogP contribution in [0.2, 0.25) is 0 Å². The normalized spacial score (nSPS) is 17.4. The molecule has 3 amide bonds. The van der Waals surface area contributed by atoms with Crippen LogP contribution in [0.1, 0.15) is 108 Å². The van der Waals surface area contributed by atoms with Crippen LogP contribution in [0.15, 0.2) is 58.9 Å². The molecule has 0 bridgehead atoms. The van der Waals surface area contributed by atoms with Crippen LogP contribution in [0.25, 0.3) is 10.4 Å². The highest BCUT2D eigenvalue weighted by Crippen LogP contribution is 2.30. The molecule has 0 spiro atoms. The summed E-state index contributed by atoms with van der Waals surface area (Å²) in [5.74, 6) is -0.949. The predicted octanol–water partition coefficient (Wildman–Crippen LogP) is 6.62. The maximum absolute atomic E-state index is 14.0. The van der Waals surface area contributed by atoms with Crippen LogP contribution in [0, 0.1) is 19.3 Å². The van der Waals surface area contributed by atoms with E-state index in [9.17, 15) is 27.9 Å². The minimum atomic E-state index is -3.74. The summed E-state index contributed by atoms with van der Waals surface area (Å²) in [6.45, 7) is 11.5. The molecule has 1 saturated heterocycles. The Balaban J connectivity index is 1.19. The molecule has 2 aromatic carbocycles. The third-order valence-electron chi connectivity index (χ3n) is 9.66. The number of aliphatic hydroxyl groups is 1. The second-order valence-electron chi connectivity index (χ2n) is 15.2. The molecule has 11 nitrogen and oxygen atoms in total. The molecule has 2 heterocycles. The fraction of sp³-hybridized carbons (Fsp3) is 0.550. The van der Waals surface area contributed by atoms with Crippen molar-refractivity contribution in [1.82, 2.24) is 20.5 Å². The van der Waals surface area contributed by atoms with Gasteiger partial charge >= 0.3 is 0 Å². The Morgan fingerprint density at radius 3 is 2.17 bits per heavy atom. The Bertz CT molecular complexity index is 1770. The van der Waals surface area contributed by atoms with E-state index in [2.05, 4.69) is 15.6 Å². The van der Waals surface area contributed by atoms with Gasteiger partial charge in [0, 0.05) is 19.4 Å². The first-order chi connectivity index (χ1) is 25.1. The second kappa shape index (κ2) is 19.1. The monoisotopic (exact) mass is 768 g/mol. The largest absolute Gasteiger partial charge is 0.391 e. The second-order valence-corrected chi connectivity index (χ2v) is 17.7. The number of unbranched alkanes of at least 4 members (excludes halogenated alkanes) is 6. The quantitative estimate of drug-likeness (QED) is 0.0964. The van der Waals surface area contributed by atoms with Crippen molar-refractivity contribution in [3.8, 4) is 10.4 Å². The van der Waals surface area contributed by atoms with E-state index in [4.69, 9.17) is 4.18 Å². The van der Waals surface area contributed by atoms with E-state index in [-0.39, 0.29) is 54.7 Å². The number of benzene rings is 2. The average molecular weight is 769 g/mol. The summed E-state index contributed by atoms with van der Waals surface area (Å²) < 4.78 is 29.8. The van der Waals surface area contributed by atoms with Gasteiger partial charge in [-0.25, -0.2) is 4.98 Å². The summed E-state index contributed by atoms with van der Waals surface area (Å²) >= 11 is 1.58. The Hall–Kier alpha value is -3.65. The molecular formula is C40H56N4O7S2. The Morgan fingerprint density at radius 1 is 0.943 bits per heavy atom. The number of nitrogens with zero attached hydrogens (tertiary/aromatic N) is 2. The molecule has 13 heteroatoms. The zero-order valence-electron chi connectivity index (χ0n) is 31.9. The lowest BCUT2D eigenvalue weighted by atomic mass is 9.85. The van der Waals surface area contributed by atoms with Gasteiger partial charge in [-0.15, -0.1) is 11.3 Å². The van der Waals surface area contributed by atoms with Crippen molar-refractivity contribution >= 4 is 39.2 Å². The van der Waals surface area contributed by atoms with Crippen LogP contribution in [-0.4, -0.2) is 72.5 Å². The predicted molar refractivity (Wildman–Crippen MR) is 208 cm³/mol. The number of hydrogen-bond acceptors (Lipinski definition) is 9. The summed E-state index contributed by atoms with van der Waals surface area (Å²) in [7, 11) is -3.74. The first-order valence-electron chi connectivity index (χ1n) is 18.6. The van der Waals surface area contributed by atoms with Gasteiger partial charge in [0.25, 0.3) is 10.1 Å². The first kappa shape index (κ1) is 42.1. The van der Waals surface area contributed by atoms with Crippen molar-refractivity contribution in [1.29, 1.82) is 0 Å². The maximum atomic E-state index is 14.0. The van der Waals surface area contributed by atoms with Crippen molar-refractivity contribution in [2.24, 2.45) is 5.41 Å². The van der Waals surface area contributed by atoms with Gasteiger partial charge < -0.3 is 20.6 Å². The highest BCUT2D eigenvalue weighted by Gasteiger charge is 2.44. The number of hydrogen-bond donors (Lipinski definition) is 3. The van der Waals surface area contributed by atoms with E-state index < -0.39 is 33.7 Å². The van der Waals surface area contributed by atoms with Gasteiger partial charge in [-0.05, 0) is 62.3 Å². The van der Waals surface area contributed by atoms with Gasteiger partial charge in [-0.2, -0.15) is 8.42 Å². The van der Waals surface area contributed by atoms with Crippen LogP contribution in [0.5, 0.6) is 0 Å². The molecule has 1 aliphatic heterocycles. The zero-order valence-corrected chi connectivity index (χ0v) is 33.5. The summed E-state index contributed by atoms with van der Waals surface area (Å²) in [4.78, 5) is 47.6. The van der Waals surface area contributed by atoms with Crippen LogP contribution >= 0.6 is 11.3 Å². The van der Waals surface area contributed by atoms with Crippen LogP contribution in [0.4, 0.5) is 0 Å². The number of thiazole rings is 1. The lowest BCUT2D eigenvalue weighted by molar-refractivity contribution is -0.144. The molecule has 4 rings (SSSR count). The van der Waals surface area contributed by atoms with E-state index in [1.54, 1.807) is 35.6 Å².